The molecular weight excluding hydrogens is 316 g/mol. The van der Waals surface area contributed by atoms with Crippen molar-refractivity contribution in [1.82, 2.24) is 20.3 Å². The number of ether oxygens (including phenoxy) is 2. The van der Waals surface area contributed by atoms with Crippen molar-refractivity contribution in [2.24, 2.45) is 0 Å². The Kier molecular flexibility index (Phi) is 4.11. The van der Waals surface area contributed by atoms with Gasteiger partial charge in [-0.1, -0.05) is 5.21 Å². The van der Waals surface area contributed by atoms with E-state index >= 15 is 0 Å². The zero-order valence-electron chi connectivity index (χ0n) is 12.6. The Morgan fingerprint density at radius 3 is 3.22 bits per heavy atom. The van der Waals surface area contributed by atoms with Crippen LogP contribution in [0.25, 0.3) is 11.3 Å². The molecule has 7 nitrogen and oxygen atoms in total. The molecule has 1 unspecified atom stereocenters. The Labute approximate surface area is 137 Å². The van der Waals surface area contributed by atoms with Gasteiger partial charge in [-0.25, -0.2) is 4.68 Å². The molecule has 8 heteroatoms. The van der Waals surface area contributed by atoms with Crippen molar-refractivity contribution in [1.29, 1.82) is 0 Å². The quantitative estimate of drug-likeness (QED) is 0.909. The Hall–Kier alpha value is -1.77. The summed E-state index contributed by atoms with van der Waals surface area (Å²) in [4.78, 5) is 12.0. The van der Waals surface area contributed by atoms with E-state index in [1.807, 2.05) is 16.1 Å². The number of carbonyl (C=O) groups excluding carboxylic acids is 1. The Morgan fingerprint density at radius 1 is 1.48 bits per heavy atom. The maximum absolute atomic E-state index is 12.0. The molecule has 0 spiro atoms. The highest BCUT2D eigenvalue weighted by Gasteiger charge is 2.27. The molecule has 2 aromatic rings. The van der Waals surface area contributed by atoms with Crippen LogP contribution in [0.4, 0.5) is 0 Å². The largest absolute Gasteiger partial charge is 0.368 e. The van der Waals surface area contributed by atoms with E-state index in [1.165, 1.54) is 0 Å². The van der Waals surface area contributed by atoms with Crippen LogP contribution < -0.4 is 5.32 Å². The molecule has 1 N–H and O–H groups in total. The van der Waals surface area contributed by atoms with E-state index in [9.17, 15) is 4.79 Å². The van der Waals surface area contributed by atoms with E-state index in [2.05, 4.69) is 21.0 Å². The number of hydrogen-bond donors (Lipinski definition) is 1. The summed E-state index contributed by atoms with van der Waals surface area (Å²) < 4.78 is 13.1. The predicted molar refractivity (Wildman–Crippen MR) is 83.9 cm³/mol. The Bertz CT molecular complexity index is 679. The van der Waals surface area contributed by atoms with Gasteiger partial charge in [0, 0.05) is 24.1 Å². The van der Waals surface area contributed by atoms with Gasteiger partial charge in [0.1, 0.15) is 11.8 Å². The highest BCUT2D eigenvalue weighted by molar-refractivity contribution is 7.08. The molecule has 2 aliphatic heterocycles. The third-order valence-electron chi connectivity index (χ3n) is 4.19. The molecule has 2 aromatic heterocycles. The maximum Gasteiger partial charge on any atom is 0.249 e. The molecule has 23 heavy (non-hydrogen) atoms. The molecule has 0 saturated carbocycles. The van der Waals surface area contributed by atoms with E-state index in [-0.39, 0.29) is 18.1 Å². The van der Waals surface area contributed by atoms with Crippen molar-refractivity contribution in [3.8, 4) is 11.3 Å². The minimum atomic E-state index is -0.300. The summed E-state index contributed by atoms with van der Waals surface area (Å²) in [6.45, 7) is 2.19. The van der Waals surface area contributed by atoms with Gasteiger partial charge >= 0.3 is 0 Å². The van der Waals surface area contributed by atoms with E-state index in [0.717, 1.165) is 29.8 Å². The zero-order chi connectivity index (χ0) is 15.6. The lowest BCUT2D eigenvalue weighted by molar-refractivity contribution is -0.131. The van der Waals surface area contributed by atoms with Crippen LogP contribution in [-0.4, -0.2) is 46.3 Å². The van der Waals surface area contributed by atoms with Gasteiger partial charge in [0.05, 0.1) is 24.9 Å². The minimum Gasteiger partial charge on any atom is -0.368 e. The Balaban J connectivity index is 1.37. The molecule has 122 valence electrons. The number of rotatable bonds is 4. The SMILES string of the molecule is O=C(NCC1Cn2nnc(-c3ccsc3)c2CO1)[C@@H]1CCCO1. The minimum absolute atomic E-state index is 0.0468. The predicted octanol–water partition coefficient (Wildman–Crippen LogP) is 1.20. The van der Waals surface area contributed by atoms with Crippen LogP contribution in [0.3, 0.4) is 0 Å². The molecule has 1 fully saturated rings. The third-order valence-corrected chi connectivity index (χ3v) is 4.87. The molecule has 4 rings (SSSR count). The normalized spacial score (nSPS) is 23.7. The first kappa shape index (κ1) is 14.8. The van der Waals surface area contributed by atoms with Crippen LogP contribution in [0.15, 0.2) is 16.8 Å². The third kappa shape index (κ3) is 3.01. The van der Waals surface area contributed by atoms with E-state index in [4.69, 9.17) is 9.47 Å². The fraction of sp³-hybridized carbons (Fsp3) is 0.533. The van der Waals surface area contributed by atoms with Gasteiger partial charge in [0.25, 0.3) is 0 Å². The lowest BCUT2D eigenvalue weighted by Crippen LogP contribution is -2.42. The summed E-state index contributed by atoms with van der Waals surface area (Å²) in [5.74, 6) is -0.0468. The lowest BCUT2D eigenvalue weighted by atomic mass is 10.2. The number of fused-ring (bicyclic) bond motifs is 1. The fourth-order valence-corrected chi connectivity index (χ4v) is 3.56. The molecule has 4 heterocycles. The molecule has 1 saturated heterocycles. The standard InChI is InChI=1S/C15H18N4O3S/c20-15(13-2-1-4-21-13)16-6-11-7-19-12(8-22-11)14(17-18-19)10-3-5-23-9-10/h3,5,9,11,13H,1-2,4,6-8H2,(H,16,20)/t11?,13-/m0/s1. The second kappa shape index (κ2) is 6.38. The fourth-order valence-electron chi connectivity index (χ4n) is 2.92. The average Bonchev–Trinajstić information content (AvgIpc) is 3.32. The highest BCUT2D eigenvalue weighted by atomic mass is 32.1. The lowest BCUT2D eigenvalue weighted by Gasteiger charge is -2.24. The number of hydrogen-bond acceptors (Lipinski definition) is 6. The summed E-state index contributed by atoms with van der Waals surface area (Å²) >= 11 is 1.64. The number of amides is 1. The van der Waals surface area contributed by atoms with Gasteiger partial charge in [-0.3, -0.25) is 4.79 Å². The molecule has 0 aromatic carbocycles. The molecule has 2 aliphatic rings. The zero-order valence-corrected chi connectivity index (χ0v) is 13.4. The second-order valence-electron chi connectivity index (χ2n) is 5.76. The first-order chi connectivity index (χ1) is 11.3. The summed E-state index contributed by atoms with van der Waals surface area (Å²) in [5, 5.41) is 15.5. The van der Waals surface area contributed by atoms with Crippen LogP contribution in [0.5, 0.6) is 0 Å². The van der Waals surface area contributed by atoms with Crippen molar-refractivity contribution < 1.29 is 14.3 Å². The number of carbonyl (C=O) groups is 1. The van der Waals surface area contributed by atoms with Gasteiger partial charge in [0.2, 0.25) is 5.91 Å². The van der Waals surface area contributed by atoms with Gasteiger partial charge in [-0.05, 0) is 24.3 Å². The van der Waals surface area contributed by atoms with Crippen LogP contribution in [0, 0.1) is 0 Å². The van der Waals surface area contributed by atoms with Crippen LogP contribution in [0.2, 0.25) is 0 Å². The smallest absolute Gasteiger partial charge is 0.249 e. The second-order valence-corrected chi connectivity index (χ2v) is 6.54. The van der Waals surface area contributed by atoms with Crippen LogP contribution >= 0.6 is 11.3 Å². The summed E-state index contributed by atoms with van der Waals surface area (Å²) in [5.41, 5.74) is 2.95. The van der Waals surface area contributed by atoms with Crippen molar-refractivity contribution in [2.45, 2.75) is 38.2 Å². The van der Waals surface area contributed by atoms with Crippen molar-refractivity contribution in [2.75, 3.05) is 13.2 Å². The monoisotopic (exact) mass is 334 g/mol. The number of nitrogens with one attached hydrogen (secondary N) is 1. The van der Waals surface area contributed by atoms with E-state index < -0.39 is 0 Å². The number of aromatic nitrogens is 3. The van der Waals surface area contributed by atoms with Crippen molar-refractivity contribution in [3.05, 3.63) is 22.5 Å². The first-order valence-electron chi connectivity index (χ1n) is 7.77. The number of nitrogens with zero attached hydrogens (tertiary/aromatic N) is 3. The van der Waals surface area contributed by atoms with Gasteiger partial charge in [0.15, 0.2) is 0 Å². The molecule has 2 atom stereocenters. The van der Waals surface area contributed by atoms with E-state index in [1.54, 1.807) is 11.3 Å². The molecule has 1 amide bonds. The van der Waals surface area contributed by atoms with Crippen molar-refractivity contribution >= 4 is 17.2 Å². The summed E-state index contributed by atoms with van der Waals surface area (Å²) in [6, 6.07) is 2.03. The van der Waals surface area contributed by atoms with Gasteiger partial charge in [-0.2, -0.15) is 11.3 Å². The molecular formula is C15H18N4O3S. The first-order valence-corrected chi connectivity index (χ1v) is 8.71. The van der Waals surface area contributed by atoms with Gasteiger partial charge in [-0.15, -0.1) is 5.10 Å². The van der Waals surface area contributed by atoms with Crippen LogP contribution in [0.1, 0.15) is 18.5 Å². The van der Waals surface area contributed by atoms with Crippen molar-refractivity contribution in [3.63, 3.8) is 0 Å². The Morgan fingerprint density at radius 2 is 2.43 bits per heavy atom. The average molecular weight is 334 g/mol. The molecule has 0 bridgehead atoms. The number of thiophene rings is 1. The van der Waals surface area contributed by atoms with E-state index in [0.29, 0.717) is 26.3 Å². The van der Waals surface area contributed by atoms with Gasteiger partial charge < -0.3 is 14.8 Å². The summed E-state index contributed by atoms with van der Waals surface area (Å²) in [7, 11) is 0. The summed E-state index contributed by atoms with van der Waals surface area (Å²) in [6.07, 6.45) is 1.36. The van der Waals surface area contributed by atoms with Crippen LogP contribution in [-0.2, 0) is 27.4 Å². The topological polar surface area (TPSA) is 78.3 Å². The molecule has 0 radical (unpaired) electrons. The highest BCUT2D eigenvalue weighted by Crippen LogP contribution is 2.26. The molecule has 0 aliphatic carbocycles. The maximum atomic E-state index is 12.0.